The van der Waals surface area contributed by atoms with Crippen molar-refractivity contribution in [3.05, 3.63) is 29.8 Å². The number of fused-ring (bicyclic) bond motifs is 2. The molecule has 2 aliphatic rings. The van der Waals surface area contributed by atoms with Gasteiger partial charge >= 0.3 is 0 Å². The van der Waals surface area contributed by atoms with Crippen molar-refractivity contribution in [3.63, 3.8) is 0 Å². The predicted molar refractivity (Wildman–Crippen MR) is 88.0 cm³/mol. The smallest absolute Gasteiger partial charge is 0.230 e. The van der Waals surface area contributed by atoms with Crippen molar-refractivity contribution >= 4 is 23.6 Å². The van der Waals surface area contributed by atoms with E-state index in [2.05, 4.69) is 12.2 Å². The summed E-state index contributed by atoms with van der Waals surface area (Å²) >= 11 is 1.25. The second kappa shape index (κ2) is 6.95. The van der Waals surface area contributed by atoms with Crippen LogP contribution in [-0.4, -0.2) is 23.7 Å². The number of aromatic carboxylic acids is 1. The zero-order valence-electron chi connectivity index (χ0n) is 13.3. The van der Waals surface area contributed by atoms with Gasteiger partial charge in [-0.15, -0.1) is 11.8 Å². The topological polar surface area (TPSA) is 69.2 Å². The number of benzene rings is 1. The molecule has 3 rings (SSSR count). The van der Waals surface area contributed by atoms with E-state index in [1.54, 1.807) is 18.2 Å². The largest absolute Gasteiger partial charge is 0.545 e. The third kappa shape index (κ3) is 3.71. The number of hydrogen-bond donors (Lipinski definition) is 1. The summed E-state index contributed by atoms with van der Waals surface area (Å²) in [6.07, 6.45) is 5.24. The SMILES string of the molecule is C[C@H](NC(=O)CSc1ccccc1C(=O)[O-])[C@@H]1C[C@@H]2CC[C@H]1C2. The summed E-state index contributed by atoms with van der Waals surface area (Å²) in [5.41, 5.74) is 0.145. The Balaban J connectivity index is 1.51. The molecule has 4 atom stereocenters. The van der Waals surface area contributed by atoms with E-state index in [1.165, 1.54) is 43.5 Å². The van der Waals surface area contributed by atoms with Crippen LogP contribution in [0.4, 0.5) is 0 Å². The molecule has 1 amide bonds. The Morgan fingerprint density at radius 2 is 2.09 bits per heavy atom. The number of amides is 1. The van der Waals surface area contributed by atoms with Crippen LogP contribution in [0, 0.1) is 17.8 Å². The number of carbonyl (C=O) groups excluding carboxylic acids is 2. The summed E-state index contributed by atoms with van der Waals surface area (Å²) in [6.45, 7) is 2.10. The average molecular weight is 332 g/mol. The van der Waals surface area contributed by atoms with Gasteiger partial charge < -0.3 is 15.2 Å². The standard InChI is InChI=1S/C18H23NO3S/c1-11(15-9-12-6-7-13(15)8-12)19-17(20)10-23-16-5-3-2-4-14(16)18(21)22/h2-5,11-13,15H,6-10H2,1H3,(H,19,20)(H,21,22)/p-1/t11-,12+,13-,15-/m0/s1. The third-order valence-corrected chi connectivity index (χ3v) is 6.36. The molecule has 0 saturated heterocycles. The summed E-state index contributed by atoms with van der Waals surface area (Å²) in [5.74, 6) is 1.26. The second-order valence-corrected chi connectivity index (χ2v) is 7.78. The molecule has 0 aromatic heterocycles. The molecule has 2 saturated carbocycles. The lowest BCUT2D eigenvalue weighted by atomic mass is 9.84. The van der Waals surface area contributed by atoms with Crippen LogP contribution in [0.5, 0.6) is 0 Å². The molecule has 2 aliphatic carbocycles. The van der Waals surface area contributed by atoms with Gasteiger partial charge in [0.2, 0.25) is 5.91 Å². The van der Waals surface area contributed by atoms with Gasteiger partial charge in [-0.05, 0) is 50.0 Å². The number of hydrogen-bond acceptors (Lipinski definition) is 4. The van der Waals surface area contributed by atoms with Crippen LogP contribution in [0.25, 0.3) is 0 Å². The van der Waals surface area contributed by atoms with Gasteiger partial charge in [0, 0.05) is 16.5 Å². The maximum absolute atomic E-state index is 12.2. The zero-order valence-corrected chi connectivity index (χ0v) is 14.1. The molecule has 0 unspecified atom stereocenters. The van der Waals surface area contributed by atoms with E-state index < -0.39 is 5.97 Å². The van der Waals surface area contributed by atoms with E-state index in [0.29, 0.717) is 10.8 Å². The molecule has 0 spiro atoms. The first-order chi connectivity index (χ1) is 11.0. The number of carboxylic acids is 1. The van der Waals surface area contributed by atoms with Gasteiger partial charge in [-0.25, -0.2) is 0 Å². The second-order valence-electron chi connectivity index (χ2n) is 6.77. The van der Waals surface area contributed by atoms with E-state index in [-0.39, 0.29) is 23.3 Å². The minimum atomic E-state index is -1.20. The number of carboxylic acid groups (broad SMARTS) is 1. The van der Waals surface area contributed by atoms with Gasteiger partial charge in [0.05, 0.1) is 11.7 Å². The molecule has 0 heterocycles. The summed E-state index contributed by atoms with van der Waals surface area (Å²) in [6, 6.07) is 6.85. The quantitative estimate of drug-likeness (QED) is 0.810. The fourth-order valence-electron chi connectivity index (χ4n) is 4.21. The summed E-state index contributed by atoms with van der Waals surface area (Å²) in [7, 11) is 0. The molecule has 23 heavy (non-hydrogen) atoms. The lowest BCUT2D eigenvalue weighted by Gasteiger charge is -2.28. The minimum Gasteiger partial charge on any atom is -0.545 e. The van der Waals surface area contributed by atoms with E-state index in [1.807, 2.05) is 0 Å². The van der Waals surface area contributed by atoms with Crippen molar-refractivity contribution in [2.24, 2.45) is 17.8 Å². The van der Waals surface area contributed by atoms with Crippen LogP contribution in [-0.2, 0) is 4.79 Å². The minimum absolute atomic E-state index is 0.0292. The summed E-state index contributed by atoms with van der Waals surface area (Å²) < 4.78 is 0. The van der Waals surface area contributed by atoms with Gasteiger partial charge in [0.25, 0.3) is 0 Å². The molecular weight excluding hydrogens is 310 g/mol. The fraction of sp³-hybridized carbons (Fsp3) is 0.556. The number of carbonyl (C=O) groups is 2. The molecule has 1 N–H and O–H groups in total. The first-order valence-corrected chi connectivity index (χ1v) is 9.25. The van der Waals surface area contributed by atoms with Gasteiger partial charge in [0.1, 0.15) is 0 Å². The molecule has 4 nitrogen and oxygen atoms in total. The Morgan fingerprint density at radius 1 is 1.30 bits per heavy atom. The summed E-state index contributed by atoms with van der Waals surface area (Å²) in [4.78, 5) is 23.8. The van der Waals surface area contributed by atoms with Gasteiger partial charge in [-0.3, -0.25) is 4.79 Å². The van der Waals surface area contributed by atoms with Crippen molar-refractivity contribution in [1.82, 2.24) is 5.32 Å². The van der Waals surface area contributed by atoms with E-state index in [4.69, 9.17) is 0 Å². The van der Waals surface area contributed by atoms with E-state index in [0.717, 1.165) is 11.8 Å². The van der Waals surface area contributed by atoms with Crippen LogP contribution in [0.2, 0.25) is 0 Å². The summed E-state index contributed by atoms with van der Waals surface area (Å²) in [5, 5.41) is 14.2. The lowest BCUT2D eigenvalue weighted by Crippen LogP contribution is -2.40. The van der Waals surface area contributed by atoms with Gasteiger partial charge in [-0.1, -0.05) is 24.6 Å². The fourth-order valence-corrected chi connectivity index (χ4v) is 5.06. The molecule has 2 fully saturated rings. The van der Waals surface area contributed by atoms with Crippen molar-refractivity contribution < 1.29 is 14.7 Å². The maximum atomic E-state index is 12.2. The molecule has 1 aromatic rings. The van der Waals surface area contributed by atoms with Crippen molar-refractivity contribution in [3.8, 4) is 0 Å². The Bertz CT molecular complexity index is 604. The highest BCUT2D eigenvalue weighted by Crippen LogP contribution is 2.49. The lowest BCUT2D eigenvalue weighted by molar-refractivity contribution is -0.255. The Hall–Kier alpha value is -1.49. The van der Waals surface area contributed by atoms with Crippen LogP contribution >= 0.6 is 11.8 Å². The normalized spacial score (nSPS) is 26.9. The van der Waals surface area contributed by atoms with Crippen molar-refractivity contribution in [2.75, 3.05) is 5.75 Å². The maximum Gasteiger partial charge on any atom is 0.230 e. The molecule has 5 heteroatoms. The average Bonchev–Trinajstić information content (AvgIpc) is 3.16. The van der Waals surface area contributed by atoms with Crippen molar-refractivity contribution in [2.45, 2.75) is 43.5 Å². The molecule has 0 radical (unpaired) electrons. The molecule has 1 aromatic carbocycles. The molecule has 2 bridgehead atoms. The first-order valence-electron chi connectivity index (χ1n) is 8.27. The Morgan fingerprint density at radius 3 is 2.74 bits per heavy atom. The van der Waals surface area contributed by atoms with Crippen LogP contribution in [0.15, 0.2) is 29.2 Å². The number of nitrogens with one attached hydrogen (secondary N) is 1. The highest BCUT2D eigenvalue weighted by molar-refractivity contribution is 8.00. The monoisotopic (exact) mass is 332 g/mol. The highest BCUT2D eigenvalue weighted by Gasteiger charge is 2.42. The Kier molecular flexibility index (Phi) is 4.95. The van der Waals surface area contributed by atoms with E-state index >= 15 is 0 Å². The number of thioether (sulfide) groups is 1. The van der Waals surface area contributed by atoms with Crippen molar-refractivity contribution in [1.29, 1.82) is 0 Å². The Labute approximate surface area is 141 Å². The third-order valence-electron chi connectivity index (χ3n) is 5.29. The highest BCUT2D eigenvalue weighted by atomic mass is 32.2. The van der Waals surface area contributed by atoms with Crippen LogP contribution in [0.1, 0.15) is 43.0 Å². The van der Waals surface area contributed by atoms with Crippen LogP contribution < -0.4 is 10.4 Å². The first kappa shape index (κ1) is 16.4. The molecule has 0 aliphatic heterocycles. The number of rotatable bonds is 6. The molecule has 124 valence electrons. The van der Waals surface area contributed by atoms with Gasteiger partial charge in [0.15, 0.2) is 0 Å². The predicted octanol–water partition coefficient (Wildman–Crippen LogP) is 2.08. The van der Waals surface area contributed by atoms with Gasteiger partial charge in [-0.2, -0.15) is 0 Å². The molecular formula is C18H22NO3S-. The zero-order chi connectivity index (χ0) is 16.4. The van der Waals surface area contributed by atoms with E-state index in [9.17, 15) is 14.7 Å². The van der Waals surface area contributed by atoms with Crippen LogP contribution in [0.3, 0.4) is 0 Å².